The molecule has 0 aliphatic carbocycles. The van der Waals surface area contributed by atoms with Crippen LogP contribution in [0.5, 0.6) is 0 Å². The van der Waals surface area contributed by atoms with Crippen molar-refractivity contribution < 1.29 is 9.53 Å². The van der Waals surface area contributed by atoms with Crippen LogP contribution in [0.2, 0.25) is 0 Å². The van der Waals surface area contributed by atoms with Crippen LogP contribution in [0.4, 0.5) is 0 Å². The Balaban J connectivity index is 2.76. The molecule has 0 fully saturated rings. The lowest BCUT2D eigenvalue weighted by atomic mass is 10.0. The highest BCUT2D eigenvalue weighted by molar-refractivity contribution is 5.79. The van der Waals surface area contributed by atoms with Gasteiger partial charge in [0, 0.05) is 6.20 Å². The van der Waals surface area contributed by atoms with Gasteiger partial charge in [-0.1, -0.05) is 13.8 Å². The van der Waals surface area contributed by atoms with Gasteiger partial charge in [0.2, 0.25) is 0 Å². The van der Waals surface area contributed by atoms with E-state index in [1.165, 1.54) is 7.11 Å². The molecule has 1 atom stereocenters. The third-order valence-corrected chi connectivity index (χ3v) is 2.46. The van der Waals surface area contributed by atoms with Gasteiger partial charge in [-0.15, -0.1) is 0 Å². The molecule has 5 heteroatoms. The van der Waals surface area contributed by atoms with E-state index in [1.54, 1.807) is 17.8 Å². The second-order valence-electron chi connectivity index (χ2n) is 4.53. The summed E-state index contributed by atoms with van der Waals surface area (Å²) in [5, 5.41) is 4.17. The van der Waals surface area contributed by atoms with Crippen molar-refractivity contribution in [2.75, 3.05) is 7.11 Å². The van der Waals surface area contributed by atoms with Crippen molar-refractivity contribution in [2.45, 2.75) is 38.8 Å². The number of esters is 1. The quantitative estimate of drug-likeness (QED) is 0.773. The Bertz CT molecular complexity index is 369. The largest absolute Gasteiger partial charge is 0.468 e. The maximum atomic E-state index is 11.4. The molecular weight excluding hydrogens is 206 g/mol. The Labute approximate surface area is 95.6 Å². The molecular formula is C11H19N3O2. The molecule has 0 radical (unpaired) electrons. The molecule has 0 saturated carbocycles. The van der Waals surface area contributed by atoms with Crippen LogP contribution in [0.1, 0.15) is 32.3 Å². The van der Waals surface area contributed by atoms with Crippen LogP contribution in [0.25, 0.3) is 0 Å². The Morgan fingerprint density at radius 3 is 2.75 bits per heavy atom. The van der Waals surface area contributed by atoms with Crippen molar-refractivity contribution in [3.63, 3.8) is 0 Å². The predicted molar refractivity (Wildman–Crippen MR) is 60.9 cm³/mol. The fourth-order valence-electron chi connectivity index (χ4n) is 1.40. The van der Waals surface area contributed by atoms with Gasteiger partial charge >= 0.3 is 5.97 Å². The first kappa shape index (κ1) is 12.7. The van der Waals surface area contributed by atoms with Crippen molar-refractivity contribution in [1.29, 1.82) is 0 Å². The van der Waals surface area contributed by atoms with E-state index < -0.39 is 11.5 Å². The molecule has 0 spiro atoms. The number of methoxy groups -OCH3 is 1. The zero-order valence-electron chi connectivity index (χ0n) is 10.2. The van der Waals surface area contributed by atoms with Crippen LogP contribution < -0.4 is 5.73 Å². The number of nitrogens with zero attached hydrogens (tertiary/aromatic N) is 2. The van der Waals surface area contributed by atoms with E-state index in [-0.39, 0.29) is 0 Å². The molecule has 0 aliphatic heterocycles. The first-order chi connectivity index (χ1) is 7.36. The Morgan fingerprint density at radius 1 is 1.69 bits per heavy atom. The smallest absolute Gasteiger partial charge is 0.327 e. The summed E-state index contributed by atoms with van der Waals surface area (Å²) >= 11 is 0. The molecule has 1 heterocycles. The van der Waals surface area contributed by atoms with E-state index in [0.717, 1.165) is 5.56 Å². The zero-order chi connectivity index (χ0) is 12.3. The van der Waals surface area contributed by atoms with E-state index in [1.807, 2.05) is 6.20 Å². The third-order valence-electron chi connectivity index (χ3n) is 2.46. The van der Waals surface area contributed by atoms with Crippen LogP contribution in [-0.4, -0.2) is 28.4 Å². The van der Waals surface area contributed by atoms with Crippen LogP contribution >= 0.6 is 0 Å². The zero-order valence-corrected chi connectivity index (χ0v) is 10.2. The van der Waals surface area contributed by atoms with Gasteiger partial charge in [-0.3, -0.25) is 9.48 Å². The first-order valence-corrected chi connectivity index (χ1v) is 5.26. The fourth-order valence-corrected chi connectivity index (χ4v) is 1.40. The highest BCUT2D eigenvalue weighted by Crippen LogP contribution is 2.14. The van der Waals surface area contributed by atoms with Crippen molar-refractivity contribution in [3.05, 3.63) is 18.0 Å². The summed E-state index contributed by atoms with van der Waals surface area (Å²) < 4.78 is 6.31. The summed E-state index contributed by atoms with van der Waals surface area (Å²) in [5.74, 6) is -0.0231. The topological polar surface area (TPSA) is 70.1 Å². The highest BCUT2D eigenvalue weighted by Gasteiger charge is 2.30. The summed E-state index contributed by atoms with van der Waals surface area (Å²) in [5.41, 5.74) is 5.93. The lowest BCUT2D eigenvalue weighted by molar-refractivity contribution is -0.147. The monoisotopic (exact) mass is 225 g/mol. The Morgan fingerprint density at radius 2 is 2.31 bits per heavy atom. The molecule has 90 valence electrons. The SMILES string of the molecule is COC(=O)C(C)(N)Cn1cc(C(C)C)cn1. The lowest BCUT2D eigenvalue weighted by Gasteiger charge is -2.21. The fraction of sp³-hybridized carbons (Fsp3) is 0.636. The van der Waals surface area contributed by atoms with Crippen molar-refractivity contribution in [2.24, 2.45) is 5.73 Å². The lowest BCUT2D eigenvalue weighted by Crippen LogP contribution is -2.49. The van der Waals surface area contributed by atoms with E-state index in [0.29, 0.717) is 12.5 Å². The maximum Gasteiger partial charge on any atom is 0.327 e. The van der Waals surface area contributed by atoms with Crippen LogP contribution in [0.3, 0.4) is 0 Å². The summed E-state index contributed by atoms with van der Waals surface area (Å²) in [6.45, 7) is 6.12. The molecule has 0 bridgehead atoms. The normalized spacial score (nSPS) is 14.9. The highest BCUT2D eigenvalue weighted by atomic mass is 16.5. The number of carbonyl (C=O) groups is 1. The molecule has 5 nitrogen and oxygen atoms in total. The molecule has 1 rings (SSSR count). The minimum Gasteiger partial charge on any atom is -0.468 e. The summed E-state index contributed by atoms with van der Waals surface area (Å²) in [4.78, 5) is 11.4. The van der Waals surface area contributed by atoms with Gasteiger partial charge in [0.25, 0.3) is 0 Å². The summed E-state index contributed by atoms with van der Waals surface area (Å²) in [6.07, 6.45) is 3.69. The second-order valence-corrected chi connectivity index (χ2v) is 4.53. The summed E-state index contributed by atoms with van der Waals surface area (Å²) in [6, 6.07) is 0. The van der Waals surface area contributed by atoms with Gasteiger partial charge in [-0.25, -0.2) is 0 Å². The number of rotatable bonds is 4. The molecule has 0 saturated heterocycles. The van der Waals surface area contributed by atoms with Gasteiger partial charge < -0.3 is 10.5 Å². The number of ether oxygens (including phenoxy) is 1. The molecule has 1 aromatic heterocycles. The second kappa shape index (κ2) is 4.65. The molecule has 16 heavy (non-hydrogen) atoms. The Hall–Kier alpha value is -1.36. The van der Waals surface area contributed by atoms with Gasteiger partial charge in [0.1, 0.15) is 5.54 Å². The van der Waals surface area contributed by atoms with Gasteiger partial charge in [0.15, 0.2) is 0 Å². The van der Waals surface area contributed by atoms with Crippen LogP contribution in [0, 0.1) is 0 Å². The van der Waals surface area contributed by atoms with E-state index in [4.69, 9.17) is 5.73 Å². The molecule has 0 aromatic carbocycles. The van der Waals surface area contributed by atoms with Crippen LogP contribution in [0.15, 0.2) is 12.4 Å². The van der Waals surface area contributed by atoms with E-state index in [2.05, 4.69) is 23.7 Å². The molecule has 1 aromatic rings. The van der Waals surface area contributed by atoms with Gasteiger partial charge in [-0.2, -0.15) is 5.10 Å². The number of aromatic nitrogens is 2. The first-order valence-electron chi connectivity index (χ1n) is 5.26. The number of hydrogen-bond donors (Lipinski definition) is 1. The van der Waals surface area contributed by atoms with Crippen molar-refractivity contribution in [1.82, 2.24) is 9.78 Å². The molecule has 0 aliphatic rings. The van der Waals surface area contributed by atoms with E-state index >= 15 is 0 Å². The number of carbonyl (C=O) groups excluding carboxylic acids is 1. The average Bonchev–Trinajstić information content (AvgIpc) is 2.64. The standard InChI is InChI=1S/C11H19N3O2/c1-8(2)9-5-13-14(6-9)7-11(3,12)10(15)16-4/h5-6,8H,7,12H2,1-4H3. The minimum absolute atomic E-state index is 0.312. The number of nitrogens with two attached hydrogens (primary N) is 1. The molecule has 2 N–H and O–H groups in total. The van der Waals surface area contributed by atoms with E-state index in [9.17, 15) is 4.79 Å². The van der Waals surface area contributed by atoms with Crippen LogP contribution in [-0.2, 0) is 16.1 Å². The minimum atomic E-state index is -1.05. The predicted octanol–water partition coefficient (Wildman–Crippen LogP) is 0.897. The third kappa shape index (κ3) is 2.82. The molecule has 0 amide bonds. The average molecular weight is 225 g/mol. The molecule has 1 unspecified atom stereocenters. The summed E-state index contributed by atoms with van der Waals surface area (Å²) in [7, 11) is 1.33. The Kier molecular flexibility index (Phi) is 3.70. The van der Waals surface area contributed by atoms with Crippen molar-refractivity contribution >= 4 is 5.97 Å². The number of hydrogen-bond acceptors (Lipinski definition) is 4. The van der Waals surface area contributed by atoms with Gasteiger partial charge in [-0.05, 0) is 18.4 Å². The van der Waals surface area contributed by atoms with Gasteiger partial charge in [0.05, 0.1) is 19.9 Å². The maximum absolute atomic E-state index is 11.4. The van der Waals surface area contributed by atoms with Crippen molar-refractivity contribution in [3.8, 4) is 0 Å².